The van der Waals surface area contributed by atoms with Gasteiger partial charge in [0.2, 0.25) is 0 Å². The van der Waals surface area contributed by atoms with Gasteiger partial charge in [0.05, 0.1) is 25.4 Å². The average molecular weight is 280 g/mol. The Morgan fingerprint density at radius 3 is 2.35 bits per heavy atom. The van der Waals surface area contributed by atoms with E-state index in [1.54, 1.807) is 12.1 Å². The van der Waals surface area contributed by atoms with Crippen LogP contribution in [0.1, 0.15) is 33.3 Å². The van der Waals surface area contributed by atoms with Crippen molar-refractivity contribution in [3.05, 3.63) is 29.8 Å². The average Bonchev–Trinajstić information content (AvgIpc) is 2.35. The maximum atomic E-state index is 10.8. The molecule has 0 spiro atoms. The van der Waals surface area contributed by atoms with Crippen LogP contribution in [-0.4, -0.2) is 31.4 Å². The standard InChI is InChI=1S/C16H24O4/c1-12(2)19-13(3)11-18-10-9-15-5-7-16(8-6-15)20-14(4)17/h5-8,12-13H,9-11H2,1-4H3. The van der Waals surface area contributed by atoms with Crippen LogP contribution in [0, 0.1) is 0 Å². The number of carbonyl (C=O) groups excluding carboxylic acids is 1. The zero-order valence-electron chi connectivity index (χ0n) is 12.7. The molecule has 1 atom stereocenters. The van der Waals surface area contributed by atoms with Crippen molar-refractivity contribution in [2.24, 2.45) is 0 Å². The van der Waals surface area contributed by atoms with Crippen LogP contribution in [0.2, 0.25) is 0 Å². The van der Waals surface area contributed by atoms with Gasteiger partial charge in [0.1, 0.15) is 5.75 Å². The lowest BCUT2D eigenvalue weighted by molar-refractivity contribution is -0.131. The van der Waals surface area contributed by atoms with Gasteiger partial charge in [-0.25, -0.2) is 0 Å². The Morgan fingerprint density at radius 2 is 1.80 bits per heavy atom. The molecule has 0 saturated carbocycles. The van der Waals surface area contributed by atoms with Crippen molar-refractivity contribution in [2.45, 2.75) is 46.3 Å². The highest BCUT2D eigenvalue weighted by Crippen LogP contribution is 2.12. The molecule has 0 radical (unpaired) electrons. The summed E-state index contributed by atoms with van der Waals surface area (Å²) in [5, 5.41) is 0. The van der Waals surface area contributed by atoms with E-state index < -0.39 is 0 Å². The summed E-state index contributed by atoms with van der Waals surface area (Å²) in [4.78, 5) is 10.8. The highest BCUT2D eigenvalue weighted by molar-refractivity contribution is 5.69. The lowest BCUT2D eigenvalue weighted by Gasteiger charge is -2.16. The summed E-state index contributed by atoms with van der Waals surface area (Å²) in [6, 6.07) is 7.47. The van der Waals surface area contributed by atoms with Crippen molar-refractivity contribution in [1.82, 2.24) is 0 Å². The van der Waals surface area contributed by atoms with E-state index in [0.717, 1.165) is 12.0 Å². The van der Waals surface area contributed by atoms with E-state index in [4.69, 9.17) is 14.2 Å². The van der Waals surface area contributed by atoms with Crippen LogP contribution in [0.3, 0.4) is 0 Å². The van der Waals surface area contributed by atoms with Gasteiger partial charge >= 0.3 is 5.97 Å². The Bertz CT molecular complexity index is 397. The topological polar surface area (TPSA) is 44.8 Å². The lowest BCUT2D eigenvalue weighted by atomic mass is 10.1. The molecule has 4 heteroatoms. The lowest BCUT2D eigenvalue weighted by Crippen LogP contribution is -2.20. The molecule has 0 aliphatic heterocycles. The van der Waals surface area contributed by atoms with E-state index in [2.05, 4.69) is 0 Å². The molecular weight excluding hydrogens is 256 g/mol. The maximum Gasteiger partial charge on any atom is 0.308 e. The molecule has 4 nitrogen and oxygen atoms in total. The van der Waals surface area contributed by atoms with Gasteiger partial charge in [0.15, 0.2) is 0 Å². The number of esters is 1. The zero-order chi connectivity index (χ0) is 15.0. The molecule has 20 heavy (non-hydrogen) atoms. The predicted octanol–water partition coefficient (Wildman–Crippen LogP) is 2.98. The minimum atomic E-state index is -0.305. The van der Waals surface area contributed by atoms with Crippen LogP contribution in [0.4, 0.5) is 0 Å². The predicted molar refractivity (Wildman–Crippen MR) is 78.0 cm³/mol. The molecular formula is C16H24O4. The maximum absolute atomic E-state index is 10.8. The summed E-state index contributed by atoms with van der Waals surface area (Å²) < 4.78 is 16.1. The smallest absolute Gasteiger partial charge is 0.308 e. The number of hydrogen-bond acceptors (Lipinski definition) is 4. The molecule has 0 aliphatic carbocycles. The van der Waals surface area contributed by atoms with Gasteiger partial charge in [-0.3, -0.25) is 4.79 Å². The first kappa shape index (κ1) is 16.7. The summed E-state index contributed by atoms with van der Waals surface area (Å²) in [6.45, 7) is 8.68. The molecule has 112 valence electrons. The quantitative estimate of drug-likeness (QED) is 0.417. The summed E-state index contributed by atoms with van der Waals surface area (Å²) >= 11 is 0. The number of benzene rings is 1. The number of ether oxygens (including phenoxy) is 3. The van der Waals surface area contributed by atoms with E-state index in [-0.39, 0.29) is 18.2 Å². The van der Waals surface area contributed by atoms with Crippen molar-refractivity contribution in [2.75, 3.05) is 13.2 Å². The number of carbonyl (C=O) groups is 1. The Kier molecular flexibility index (Phi) is 7.26. The van der Waals surface area contributed by atoms with E-state index in [0.29, 0.717) is 19.0 Å². The molecule has 1 rings (SSSR count). The fraction of sp³-hybridized carbons (Fsp3) is 0.562. The fourth-order valence-corrected chi connectivity index (χ4v) is 1.83. The molecule has 0 aliphatic rings. The summed E-state index contributed by atoms with van der Waals surface area (Å²) in [5.74, 6) is 0.265. The summed E-state index contributed by atoms with van der Waals surface area (Å²) in [5.41, 5.74) is 1.15. The van der Waals surface area contributed by atoms with Crippen LogP contribution in [-0.2, 0) is 20.7 Å². The molecule has 1 aromatic rings. The normalized spacial score (nSPS) is 12.4. The SMILES string of the molecule is CC(=O)Oc1ccc(CCOCC(C)OC(C)C)cc1. The van der Waals surface area contributed by atoms with Crippen LogP contribution >= 0.6 is 0 Å². The van der Waals surface area contributed by atoms with E-state index in [9.17, 15) is 4.79 Å². The minimum absolute atomic E-state index is 0.112. The van der Waals surface area contributed by atoms with Gasteiger partial charge in [-0.1, -0.05) is 12.1 Å². The fourth-order valence-electron chi connectivity index (χ4n) is 1.83. The van der Waals surface area contributed by atoms with Crippen LogP contribution < -0.4 is 4.74 Å². The Morgan fingerprint density at radius 1 is 1.15 bits per heavy atom. The number of hydrogen-bond donors (Lipinski definition) is 0. The van der Waals surface area contributed by atoms with E-state index in [1.165, 1.54) is 6.92 Å². The zero-order valence-corrected chi connectivity index (χ0v) is 12.7. The molecule has 0 heterocycles. The van der Waals surface area contributed by atoms with Crippen molar-refractivity contribution < 1.29 is 19.0 Å². The molecule has 0 amide bonds. The second-order valence-corrected chi connectivity index (χ2v) is 5.06. The van der Waals surface area contributed by atoms with Gasteiger partial charge in [-0.05, 0) is 44.9 Å². The summed E-state index contributed by atoms with van der Waals surface area (Å²) in [7, 11) is 0. The van der Waals surface area contributed by atoms with Crippen LogP contribution in [0.25, 0.3) is 0 Å². The van der Waals surface area contributed by atoms with Crippen molar-refractivity contribution >= 4 is 5.97 Å². The highest BCUT2D eigenvalue weighted by Gasteiger charge is 2.05. The number of rotatable bonds is 8. The first-order chi connectivity index (χ1) is 9.47. The van der Waals surface area contributed by atoms with Gasteiger partial charge in [-0.2, -0.15) is 0 Å². The van der Waals surface area contributed by atoms with Crippen molar-refractivity contribution in [1.29, 1.82) is 0 Å². The highest BCUT2D eigenvalue weighted by atomic mass is 16.5. The van der Waals surface area contributed by atoms with Crippen LogP contribution in [0.15, 0.2) is 24.3 Å². The van der Waals surface area contributed by atoms with Gasteiger partial charge < -0.3 is 14.2 Å². The third kappa shape index (κ3) is 7.26. The molecule has 0 bridgehead atoms. The molecule has 0 fully saturated rings. The van der Waals surface area contributed by atoms with E-state index >= 15 is 0 Å². The minimum Gasteiger partial charge on any atom is -0.427 e. The van der Waals surface area contributed by atoms with Gasteiger partial charge in [-0.15, -0.1) is 0 Å². The molecule has 0 saturated heterocycles. The first-order valence-electron chi connectivity index (χ1n) is 6.98. The second kappa shape index (κ2) is 8.72. The molecule has 0 N–H and O–H groups in total. The molecule has 1 aromatic carbocycles. The molecule has 0 aromatic heterocycles. The Hall–Kier alpha value is -1.39. The van der Waals surface area contributed by atoms with E-state index in [1.807, 2.05) is 32.9 Å². The Labute approximate surface area is 121 Å². The second-order valence-electron chi connectivity index (χ2n) is 5.06. The van der Waals surface area contributed by atoms with Crippen molar-refractivity contribution in [3.8, 4) is 5.75 Å². The third-order valence-electron chi connectivity index (χ3n) is 2.58. The third-order valence-corrected chi connectivity index (χ3v) is 2.58. The summed E-state index contributed by atoms with van der Waals surface area (Å²) in [6.07, 6.45) is 1.16. The van der Waals surface area contributed by atoms with Crippen LogP contribution in [0.5, 0.6) is 5.75 Å². The first-order valence-corrected chi connectivity index (χ1v) is 6.98. The largest absolute Gasteiger partial charge is 0.427 e. The Balaban J connectivity index is 2.23. The van der Waals surface area contributed by atoms with Gasteiger partial charge in [0.25, 0.3) is 0 Å². The molecule has 1 unspecified atom stereocenters. The van der Waals surface area contributed by atoms with Gasteiger partial charge in [0, 0.05) is 6.92 Å². The van der Waals surface area contributed by atoms with Crippen molar-refractivity contribution in [3.63, 3.8) is 0 Å². The monoisotopic (exact) mass is 280 g/mol.